The normalized spacial score (nSPS) is 12.7. The molecule has 1 aromatic rings. The largest absolute Gasteiger partial charge is 0.396 e. The van der Waals surface area contributed by atoms with E-state index in [0.717, 1.165) is 19.4 Å². The molecule has 0 saturated carbocycles. The van der Waals surface area contributed by atoms with Crippen LogP contribution in [0.5, 0.6) is 0 Å². The van der Waals surface area contributed by atoms with Crippen LogP contribution in [0.3, 0.4) is 0 Å². The molecule has 0 aromatic heterocycles. The van der Waals surface area contributed by atoms with Crippen LogP contribution in [0.1, 0.15) is 31.4 Å². The van der Waals surface area contributed by atoms with Gasteiger partial charge in [0.15, 0.2) is 0 Å². The second-order valence-electron chi connectivity index (χ2n) is 3.66. The number of benzene rings is 1. The smallest absolute Gasteiger partial charge is 0.0431 e. The zero-order chi connectivity index (χ0) is 11.1. The van der Waals surface area contributed by atoms with Gasteiger partial charge in [-0.15, -0.1) is 0 Å². The molecule has 0 aliphatic rings. The van der Waals surface area contributed by atoms with E-state index < -0.39 is 0 Å². The van der Waals surface area contributed by atoms with E-state index in [1.165, 1.54) is 9.13 Å². The molecule has 84 valence electrons. The van der Waals surface area contributed by atoms with Crippen molar-refractivity contribution in [1.82, 2.24) is 5.32 Å². The number of rotatable bonds is 6. The van der Waals surface area contributed by atoms with E-state index in [1.807, 2.05) is 0 Å². The molecule has 0 fully saturated rings. The van der Waals surface area contributed by atoms with Crippen LogP contribution in [-0.2, 0) is 0 Å². The fourth-order valence-electron chi connectivity index (χ4n) is 1.42. The highest BCUT2D eigenvalue weighted by molar-refractivity contribution is 14.1. The summed E-state index contributed by atoms with van der Waals surface area (Å²) in [6, 6.07) is 8.96. The molecule has 0 saturated heterocycles. The lowest BCUT2D eigenvalue weighted by Crippen LogP contribution is -2.19. The second-order valence-corrected chi connectivity index (χ2v) is 4.90. The Bertz CT molecular complexity index is 273. The fraction of sp³-hybridized carbons (Fsp3) is 0.500. The summed E-state index contributed by atoms with van der Waals surface area (Å²) in [5, 5.41) is 12.1. The van der Waals surface area contributed by atoms with Crippen molar-refractivity contribution in [2.75, 3.05) is 13.2 Å². The Kier molecular flexibility index (Phi) is 6.20. The fourth-order valence-corrected chi connectivity index (χ4v) is 1.78. The molecule has 0 heterocycles. The molecule has 1 unspecified atom stereocenters. The maximum absolute atomic E-state index is 8.65. The van der Waals surface area contributed by atoms with Crippen LogP contribution in [0.15, 0.2) is 24.3 Å². The molecule has 0 aliphatic heterocycles. The molecule has 3 heteroatoms. The van der Waals surface area contributed by atoms with E-state index in [4.69, 9.17) is 5.11 Å². The first-order chi connectivity index (χ1) is 7.24. The van der Waals surface area contributed by atoms with Crippen molar-refractivity contribution >= 4 is 22.6 Å². The lowest BCUT2D eigenvalue weighted by molar-refractivity contribution is 0.283. The first kappa shape index (κ1) is 12.9. The molecule has 1 rings (SSSR count). The van der Waals surface area contributed by atoms with Gasteiger partial charge in [0.2, 0.25) is 0 Å². The lowest BCUT2D eigenvalue weighted by atomic mass is 10.1. The van der Waals surface area contributed by atoms with Crippen molar-refractivity contribution < 1.29 is 5.11 Å². The minimum atomic E-state index is 0.291. The van der Waals surface area contributed by atoms with Gasteiger partial charge in [-0.05, 0) is 66.6 Å². The molecule has 1 aromatic carbocycles. The maximum atomic E-state index is 8.65. The van der Waals surface area contributed by atoms with Crippen LogP contribution in [0.4, 0.5) is 0 Å². The predicted octanol–water partition coefficient (Wildman–Crippen LogP) is 2.71. The average Bonchev–Trinajstić information content (AvgIpc) is 2.25. The first-order valence-corrected chi connectivity index (χ1v) is 6.41. The van der Waals surface area contributed by atoms with Crippen molar-refractivity contribution in [3.63, 3.8) is 0 Å². The Morgan fingerprint density at radius 1 is 1.27 bits per heavy atom. The predicted molar refractivity (Wildman–Crippen MR) is 71.9 cm³/mol. The Hall–Kier alpha value is -0.130. The quantitative estimate of drug-likeness (QED) is 0.624. The van der Waals surface area contributed by atoms with Crippen molar-refractivity contribution in [1.29, 1.82) is 0 Å². The number of hydrogen-bond donors (Lipinski definition) is 2. The standard InChI is InChI=1S/C12H18INO/c1-10(14-8-2-3-9-15)11-4-6-12(13)7-5-11/h4-7,10,14-15H,2-3,8-9H2,1H3. The van der Waals surface area contributed by atoms with Crippen molar-refractivity contribution in [2.45, 2.75) is 25.8 Å². The summed E-state index contributed by atoms with van der Waals surface area (Å²) >= 11 is 2.31. The molecule has 0 bridgehead atoms. The molecule has 0 amide bonds. The Morgan fingerprint density at radius 2 is 1.93 bits per heavy atom. The van der Waals surface area contributed by atoms with Gasteiger partial charge in [0, 0.05) is 16.2 Å². The second kappa shape index (κ2) is 7.19. The summed E-state index contributed by atoms with van der Waals surface area (Å²) in [6.07, 6.45) is 1.91. The molecular weight excluding hydrogens is 301 g/mol. The van der Waals surface area contributed by atoms with Crippen molar-refractivity contribution in [2.24, 2.45) is 0 Å². The van der Waals surface area contributed by atoms with Crippen molar-refractivity contribution in [3.8, 4) is 0 Å². The first-order valence-electron chi connectivity index (χ1n) is 5.33. The molecule has 2 nitrogen and oxygen atoms in total. The van der Waals surface area contributed by atoms with Crippen molar-refractivity contribution in [3.05, 3.63) is 33.4 Å². The maximum Gasteiger partial charge on any atom is 0.0431 e. The molecule has 15 heavy (non-hydrogen) atoms. The molecule has 1 atom stereocenters. The van der Waals surface area contributed by atoms with E-state index in [-0.39, 0.29) is 0 Å². The summed E-state index contributed by atoms with van der Waals surface area (Å²) in [7, 11) is 0. The van der Waals surface area contributed by atoms with Gasteiger partial charge < -0.3 is 10.4 Å². The minimum absolute atomic E-state index is 0.291. The van der Waals surface area contributed by atoms with E-state index >= 15 is 0 Å². The highest BCUT2D eigenvalue weighted by Gasteiger charge is 2.03. The van der Waals surface area contributed by atoms with Gasteiger partial charge in [0.05, 0.1) is 0 Å². The number of nitrogens with one attached hydrogen (secondary N) is 1. The third kappa shape index (κ3) is 4.95. The monoisotopic (exact) mass is 319 g/mol. The van der Waals surface area contributed by atoms with Gasteiger partial charge in [-0.1, -0.05) is 12.1 Å². The molecule has 0 radical (unpaired) electrons. The van der Waals surface area contributed by atoms with E-state index in [1.54, 1.807) is 0 Å². The van der Waals surface area contributed by atoms with Crippen LogP contribution in [0, 0.1) is 3.57 Å². The van der Waals surface area contributed by atoms with E-state index in [0.29, 0.717) is 12.6 Å². The summed E-state index contributed by atoms with van der Waals surface area (Å²) in [5.41, 5.74) is 1.32. The SMILES string of the molecule is CC(NCCCCO)c1ccc(I)cc1. The van der Waals surface area contributed by atoms with Gasteiger partial charge in [0.25, 0.3) is 0 Å². The third-order valence-corrected chi connectivity index (χ3v) is 3.12. The van der Waals surface area contributed by atoms with Crippen LogP contribution in [0.2, 0.25) is 0 Å². The topological polar surface area (TPSA) is 32.3 Å². The molecule has 0 spiro atoms. The average molecular weight is 319 g/mol. The Morgan fingerprint density at radius 3 is 2.53 bits per heavy atom. The molecular formula is C12H18INO. The van der Waals surface area contributed by atoms with Gasteiger partial charge in [-0.25, -0.2) is 0 Å². The highest BCUT2D eigenvalue weighted by Crippen LogP contribution is 2.14. The van der Waals surface area contributed by atoms with Gasteiger partial charge >= 0.3 is 0 Å². The lowest BCUT2D eigenvalue weighted by Gasteiger charge is -2.13. The third-order valence-electron chi connectivity index (χ3n) is 2.41. The van der Waals surface area contributed by atoms with Gasteiger partial charge in [-0.2, -0.15) is 0 Å². The Balaban J connectivity index is 2.33. The number of aliphatic hydroxyl groups is 1. The van der Waals surface area contributed by atoms with Crippen LogP contribution in [0.25, 0.3) is 0 Å². The number of unbranched alkanes of at least 4 members (excludes halogenated alkanes) is 1. The van der Waals surface area contributed by atoms with Crippen LogP contribution in [-0.4, -0.2) is 18.3 Å². The van der Waals surface area contributed by atoms with Gasteiger partial charge in [-0.3, -0.25) is 0 Å². The van der Waals surface area contributed by atoms with E-state index in [9.17, 15) is 0 Å². The van der Waals surface area contributed by atoms with Crippen LogP contribution >= 0.6 is 22.6 Å². The zero-order valence-corrected chi connectivity index (χ0v) is 11.2. The summed E-state index contributed by atoms with van der Waals surface area (Å²) < 4.78 is 1.27. The van der Waals surface area contributed by atoms with Gasteiger partial charge in [0.1, 0.15) is 0 Å². The summed E-state index contributed by atoms with van der Waals surface area (Å²) in [6.45, 7) is 3.43. The number of hydrogen-bond acceptors (Lipinski definition) is 2. The number of halogens is 1. The van der Waals surface area contributed by atoms with E-state index in [2.05, 4.69) is 59.1 Å². The molecule has 2 N–H and O–H groups in total. The summed E-state index contributed by atoms with van der Waals surface area (Å²) in [4.78, 5) is 0. The summed E-state index contributed by atoms with van der Waals surface area (Å²) in [5.74, 6) is 0. The number of aliphatic hydroxyl groups excluding tert-OH is 1. The Labute approximate surface area is 105 Å². The highest BCUT2D eigenvalue weighted by atomic mass is 127. The minimum Gasteiger partial charge on any atom is -0.396 e. The zero-order valence-electron chi connectivity index (χ0n) is 9.04. The molecule has 0 aliphatic carbocycles. The van der Waals surface area contributed by atoms with Crippen LogP contribution < -0.4 is 5.32 Å².